The summed E-state index contributed by atoms with van der Waals surface area (Å²) in [5, 5.41) is 3.54. The Morgan fingerprint density at radius 2 is 1.67 bits per heavy atom. The minimum atomic E-state index is -0.0305. The Bertz CT molecular complexity index is 1090. The fourth-order valence-electron chi connectivity index (χ4n) is 6.38. The summed E-state index contributed by atoms with van der Waals surface area (Å²) < 4.78 is 16.5. The van der Waals surface area contributed by atoms with Gasteiger partial charge in [0.2, 0.25) is 11.8 Å². The number of methoxy groups -OCH3 is 2. The van der Waals surface area contributed by atoms with Crippen molar-refractivity contribution in [2.45, 2.75) is 71.4 Å². The molecule has 2 heterocycles. The van der Waals surface area contributed by atoms with Crippen molar-refractivity contribution in [2.75, 3.05) is 66.7 Å². The van der Waals surface area contributed by atoms with E-state index >= 15 is 0 Å². The van der Waals surface area contributed by atoms with Crippen molar-refractivity contribution in [3.05, 3.63) is 23.8 Å². The number of hydrogen-bond acceptors (Lipinski definition) is 7. The highest BCUT2D eigenvalue weighted by molar-refractivity contribution is 5.95. The standard InChI is InChI=1S/C33H52N4O6/c1-23(2)36(33(40)26-7-10-30(42-5)31(18-26)43-16-6-15-41-4)21-27-19-34-20-28(27)22-37(29-8-9-29)32(39)17-25-11-13-35(14-12-25)24(3)38/h7,10,18,23,25,27-29,34H,6,8-9,11-17,19-22H2,1-5H3/t27-,28?/m0/s1. The van der Waals surface area contributed by atoms with E-state index in [2.05, 4.69) is 24.1 Å². The summed E-state index contributed by atoms with van der Waals surface area (Å²) in [5.41, 5.74) is 0.573. The minimum absolute atomic E-state index is 0.0176. The van der Waals surface area contributed by atoms with Gasteiger partial charge in [-0.25, -0.2) is 0 Å². The highest BCUT2D eigenvalue weighted by atomic mass is 16.5. The van der Waals surface area contributed by atoms with Crippen LogP contribution < -0.4 is 14.8 Å². The molecule has 240 valence electrons. The third kappa shape index (κ3) is 9.08. The van der Waals surface area contributed by atoms with Crippen LogP contribution in [0.5, 0.6) is 11.5 Å². The number of rotatable bonds is 15. The van der Waals surface area contributed by atoms with Gasteiger partial charge in [0, 0.05) is 90.4 Å². The van der Waals surface area contributed by atoms with E-state index < -0.39 is 0 Å². The number of likely N-dealkylation sites (tertiary alicyclic amines) is 1. The van der Waals surface area contributed by atoms with Crippen molar-refractivity contribution >= 4 is 17.7 Å². The average molecular weight is 601 g/mol. The molecule has 10 nitrogen and oxygen atoms in total. The summed E-state index contributed by atoms with van der Waals surface area (Å²) in [5.74, 6) is 2.38. The predicted octanol–water partition coefficient (Wildman–Crippen LogP) is 3.44. The predicted molar refractivity (Wildman–Crippen MR) is 165 cm³/mol. The molecule has 1 N–H and O–H groups in total. The molecule has 10 heteroatoms. The minimum Gasteiger partial charge on any atom is -0.493 e. The zero-order valence-electron chi connectivity index (χ0n) is 26.8. The molecule has 4 rings (SSSR count). The molecule has 1 aliphatic carbocycles. The number of carbonyl (C=O) groups excluding carboxylic acids is 3. The van der Waals surface area contributed by atoms with Gasteiger partial charge in [0.1, 0.15) is 0 Å². The molecule has 2 saturated heterocycles. The fourth-order valence-corrected chi connectivity index (χ4v) is 6.38. The van der Waals surface area contributed by atoms with Gasteiger partial charge in [0.25, 0.3) is 5.91 Å². The van der Waals surface area contributed by atoms with E-state index in [9.17, 15) is 14.4 Å². The van der Waals surface area contributed by atoms with Gasteiger partial charge >= 0.3 is 0 Å². The lowest BCUT2D eigenvalue weighted by molar-refractivity contribution is -0.134. The average Bonchev–Trinajstić information content (AvgIpc) is 3.74. The van der Waals surface area contributed by atoms with Crippen LogP contribution in [0.1, 0.15) is 69.7 Å². The van der Waals surface area contributed by atoms with Crippen LogP contribution in [0.2, 0.25) is 0 Å². The fraction of sp³-hybridized carbons (Fsp3) is 0.727. The Balaban J connectivity index is 1.38. The van der Waals surface area contributed by atoms with Crippen LogP contribution in [0.15, 0.2) is 18.2 Å². The molecule has 0 spiro atoms. The normalized spacial score (nSPS) is 20.7. The van der Waals surface area contributed by atoms with Crippen molar-refractivity contribution in [2.24, 2.45) is 17.8 Å². The second-order valence-electron chi connectivity index (χ2n) is 12.7. The Morgan fingerprint density at radius 3 is 2.28 bits per heavy atom. The first-order valence-corrected chi connectivity index (χ1v) is 16.1. The first-order chi connectivity index (χ1) is 20.7. The first kappa shape index (κ1) is 33.1. The number of nitrogens with zero attached hydrogens (tertiary/aromatic N) is 3. The molecular weight excluding hydrogens is 548 g/mol. The summed E-state index contributed by atoms with van der Waals surface area (Å²) in [6.45, 7) is 11.3. The highest BCUT2D eigenvalue weighted by Crippen LogP contribution is 2.33. The van der Waals surface area contributed by atoms with E-state index in [1.807, 2.05) is 9.80 Å². The van der Waals surface area contributed by atoms with E-state index in [-0.39, 0.29) is 35.6 Å². The van der Waals surface area contributed by atoms with E-state index in [0.29, 0.717) is 55.2 Å². The maximum absolute atomic E-state index is 13.8. The SMILES string of the molecule is COCCCOc1cc(C(=O)N(C[C@@H]2CNCC2CN(C(=O)CC2CCN(C(C)=O)CC2)C2CC2)C(C)C)ccc1OC. The van der Waals surface area contributed by atoms with Crippen LogP contribution in [0.3, 0.4) is 0 Å². The van der Waals surface area contributed by atoms with Crippen molar-refractivity contribution < 1.29 is 28.6 Å². The van der Waals surface area contributed by atoms with Crippen molar-refractivity contribution in [1.29, 1.82) is 0 Å². The van der Waals surface area contributed by atoms with Crippen molar-refractivity contribution in [3.8, 4) is 11.5 Å². The van der Waals surface area contributed by atoms with E-state index in [4.69, 9.17) is 14.2 Å². The molecule has 1 aromatic rings. The molecule has 0 aromatic heterocycles. The van der Waals surface area contributed by atoms with Gasteiger partial charge in [-0.3, -0.25) is 14.4 Å². The molecule has 2 atom stereocenters. The van der Waals surface area contributed by atoms with Crippen LogP contribution in [0.4, 0.5) is 0 Å². The van der Waals surface area contributed by atoms with Gasteiger partial charge in [-0.1, -0.05) is 0 Å². The molecule has 0 radical (unpaired) electrons. The van der Waals surface area contributed by atoms with Gasteiger partial charge in [-0.15, -0.1) is 0 Å². The van der Waals surface area contributed by atoms with Crippen LogP contribution in [0, 0.1) is 17.8 Å². The lowest BCUT2D eigenvalue weighted by Gasteiger charge is -2.35. The molecule has 3 fully saturated rings. The topological polar surface area (TPSA) is 101 Å². The van der Waals surface area contributed by atoms with Crippen molar-refractivity contribution in [1.82, 2.24) is 20.0 Å². The van der Waals surface area contributed by atoms with Crippen LogP contribution >= 0.6 is 0 Å². The summed E-state index contributed by atoms with van der Waals surface area (Å²) in [6.07, 6.45) is 5.25. The number of amides is 3. The third-order valence-electron chi connectivity index (χ3n) is 9.22. The molecule has 3 amide bonds. The number of carbonyl (C=O) groups is 3. The number of piperidine rings is 1. The Labute approximate surface area is 257 Å². The van der Waals surface area contributed by atoms with Crippen LogP contribution in [-0.4, -0.2) is 111 Å². The molecular formula is C33H52N4O6. The maximum atomic E-state index is 13.8. The lowest BCUT2D eigenvalue weighted by atomic mass is 9.91. The summed E-state index contributed by atoms with van der Waals surface area (Å²) in [7, 11) is 3.26. The van der Waals surface area contributed by atoms with Gasteiger partial charge in [0.15, 0.2) is 11.5 Å². The Kier molecular flexibility index (Phi) is 12.1. The Morgan fingerprint density at radius 1 is 0.977 bits per heavy atom. The summed E-state index contributed by atoms with van der Waals surface area (Å²) in [6, 6.07) is 5.74. The number of benzene rings is 1. The molecule has 1 saturated carbocycles. The number of hydrogen-bond donors (Lipinski definition) is 1. The van der Waals surface area contributed by atoms with Crippen LogP contribution in [0.25, 0.3) is 0 Å². The van der Waals surface area contributed by atoms with E-state index in [1.54, 1.807) is 39.3 Å². The quantitative estimate of drug-likeness (QED) is 0.308. The summed E-state index contributed by atoms with van der Waals surface area (Å²) >= 11 is 0. The van der Waals surface area contributed by atoms with E-state index in [0.717, 1.165) is 64.8 Å². The maximum Gasteiger partial charge on any atom is 0.254 e. The van der Waals surface area contributed by atoms with Gasteiger partial charge < -0.3 is 34.2 Å². The Hall–Kier alpha value is -2.85. The monoisotopic (exact) mass is 600 g/mol. The zero-order chi connectivity index (χ0) is 30.9. The smallest absolute Gasteiger partial charge is 0.254 e. The number of nitrogens with one attached hydrogen (secondary N) is 1. The highest BCUT2D eigenvalue weighted by Gasteiger charge is 2.39. The molecule has 43 heavy (non-hydrogen) atoms. The van der Waals surface area contributed by atoms with Crippen LogP contribution in [-0.2, 0) is 14.3 Å². The third-order valence-corrected chi connectivity index (χ3v) is 9.22. The molecule has 1 unspecified atom stereocenters. The second kappa shape index (κ2) is 15.7. The van der Waals surface area contributed by atoms with Gasteiger partial charge in [-0.05, 0) is 75.5 Å². The first-order valence-electron chi connectivity index (χ1n) is 16.1. The molecule has 3 aliphatic rings. The zero-order valence-corrected chi connectivity index (χ0v) is 26.8. The van der Waals surface area contributed by atoms with Gasteiger partial charge in [-0.2, -0.15) is 0 Å². The number of ether oxygens (including phenoxy) is 3. The van der Waals surface area contributed by atoms with Crippen molar-refractivity contribution in [3.63, 3.8) is 0 Å². The van der Waals surface area contributed by atoms with E-state index in [1.165, 1.54) is 0 Å². The molecule has 0 bridgehead atoms. The second-order valence-corrected chi connectivity index (χ2v) is 12.7. The lowest BCUT2D eigenvalue weighted by Crippen LogP contribution is -2.45. The molecule has 2 aliphatic heterocycles. The van der Waals surface area contributed by atoms with Gasteiger partial charge in [0.05, 0.1) is 13.7 Å². The largest absolute Gasteiger partial charge is 0.493 e. The summed E-state index contributed by atoms with van der Waals surface area (Å²) in [4.78, 5) is 45.1. The molecule has 1 aromatic carbocycles.